The molecule has 1 heterocycles. The van der Waals surface area contributed by atoms with Crippen molar-refractivity contribution in [2.75, 3.05) is 33.7 Å². The van der Waals surface area contributed by atoms with E-state index in [4.69, 9.17) is 0 Å². The van der Waals surface area contributed by atoms with Gasteiger partial charge >= 0.3 is 0 Å². The first-order chi connectivity index (χ1) is 12.0. The van der Waals surface area contributed by atoms with Crippen molar-refractivity contribution in [1.29, 1.82) is 0 Å². The molecule has 1 aromatic carbocycles. The first-order valence-corrected chi connectivity index (χ1v) is 8.80. The largest absolute Gasteiger partial charge is 0.361 e. The molecule has 0 radical (unpaired) electrons. The predicted molar refractivity (Wildman–Crippen MR) is 119 cm³/mol. The van der Waals surface area contributed by atoms with Crippen molar-refractivity contribution >= 4 is 46.7 Å². The maximum absolute atomic E-state index is 11.6. The molecule has 1 amide bonds. The minimum absolute atomic E-state index is 0. The zero-order valence-electron chi connectivity index (χ0n) is 16.1. The van der Waals surface area contributed by atoms with Crippen LogP contribution in [0.25, 0.3) is 10.9 Å². The average Bonchev–Trinajstić information content (AvgIpc) is 2.96. The van der Waals surface area contributed by atoms with Crippen molar-refractivity contribution in [3.63, 3.8) is 0 Å². The molecule has 0 saturated carbocycles. The van der Waals surface area contributed by atoms with E-state index in [9.17, 15) is 4.79 Å². The van der Waals surface area contributed by atoms with Crippen LogP contribution in [0, 0.1) is 6.92 Å². The Labute approximate surface area is 172 Å². The number of nitrogens with zero attached hydrogens (tertiary/aromatic N) is 2. The van der Waals surface area contributed by atoms with Crippen LogP contribution < -0.4 is 10.6 Å². The molecule has 0 fully saturated rings. The molecule has 1 aromatic heterocycles. The molecule has 0 unspecified atom stereocenters. The number of amides is 1. The number of fused-ring (bicyclic) bond motifs is 1. The van der Waals surface area contributed by atoms with E-state index in [0.29, 0.717) is 13.0 Å². The lowest BCUT2D eigenvalue weighted by atomic mass is 10.1. The summed E-state index contributed by atoms with van der Waals surface area (Å²) in [5.41, 5.74) is 3.73. The number of carbonyl (C=O) groups is 1. The summed E-state index contributed by atoms with van der Waals surface area (Å²) in [7, 11) is 3.52. The van der Waals surface area contributed by atoms with Gasteiger partial charge in [0.25, 0.3) is 0 Å². The number of aromatic amines is 1. The van der Waals surface area contributed by atoms with Gasteiger partial charge in [-0.25, -0.2) is 0 Å². The fourth-order valence-corrected chi connectivity index (χ4v) is 2.65. The number of H-pyrrole nitrogens is 1. The highest BCUT2D eigenvalue weighted by Gasteiger charge is 2.05. The van der Waals surface area contributed by atoms with Crippen molar-refractivity contribution in [1.82, 2.24) is 20.5 Å². The molecule has 6 nitrogen and oxygen atoms in total. The van der Waals surface area contributed by atoms with E-state index in [1.165, 1.54) is 22.0 Å². The molecule has 0 aliphatic heterocycles. The zero-order valence-corrected chi connectivity index (χ0v) is 18.4. The number of nitrogens with one attached hydrogen (secondary N) is 3. The van der Waals surface area contributed by atoms with Crippen molar-refractivity contribution in [3.8, 4) is 0 Å². The van der Waals surface area contributed by atoms with Gasteiger partial charge in [-0.05, 0) is 37.5 Å². The van der Waals surface area contributed by atoms with Crippen molar-refractivity contribution in [2.45, 2.75) is 26.7 Å². The molecule has 0 saturated heterocycles. The summed E-state index contributed by atoms with van der Waals surface area (Å²) in [4.78, 5) is 21.0. The molecule has 0 bridgehead atoms. The average molecular weight is 471 g/mol. The van der Waals surface area contributed by atoms with Crippen molar-refractivity contribution in [2.24, 2.45) is 4.99 Å². The second-order valence-corrected chi connectivity index (χ2v) is 6.34. The van der Waals surface area contributed by atoms with E-state index in [1.807, 2.05) is 6.92 Å². The van der Waals surface area contributed by atoms with E-state index in [0.717, 1.165) is 25.5 Å². The van der Waals surface area contributed by atoms with E-state index in [1.54, 1.807) is 19.0 Å². The lowest BCUT2D eigenvalue weighted by Gasteiger charge is -2.12. The lowest BCUT2D eigenvalue weighted by molar-refractivity contribution is -0.128. The predicted octanol–water partition coefficient (Wildman–Crippen LogP) is 2.67. The summed E-state index contributed by atoms with van der Waals surface area (Å²) in [6.07, 6.45) is 3.40. The Morgan fingerprint density at radius 3 is 2.73 bits per heavy atom. The number of rotatable bonds is 7. The van der Waals surface area contributed by atoms with E-state index in [-0.39, 0.29) is 29.9 Å². The number of benzene rings is 1. The molecule has 2 aromatic rings. The van der Waals surface area contributed by atoms with Crippen LogP contribution in [0.2, 0.25) is 0 Å². The van der Waals surface area contributed by atoms with Crippen molar-refractivity contribution < 1.29 is 4.79 Å². The molecule has 7 heteroatoms. The molecule has 0 aliphatic carbocycles. The van der Waals surface area contributed by atoms with E-state index in [2.05, 4.69) is 51.9 Å². The minimum Gasteiger partial charge on any atom is -0.361 e. The Bertz CT molecular complexity index is 739. The number of guanidine groups is 1. The topological polar surface area (TPSA) is 72.5 Å². The summed E-state index contributed by atoms with van der Waals surface area (Å²) in [5.74, 6) is 0.846. The second kappa shape index (κ2) is 11.1. The Balaban J connectivity index is 0.00000338. The molecule has 0 aliphatic rings. The first-order valence-electron chi connectivity index (χ1n) is 8.80. The van der Waals surface area contributed by atoms with Crippen LogP contribution in [0.5, 0.6) is 0 Å². The molecule has 0 atom stereocenters. The molecule has 144 valence electrons. The maximum atomic E-state index is 11.6. The van der Waals surface area contributed by atoms with Crippen LogP contribution in [0.4, 0.5) is 0 Å². The van der Waals surface area contributed by atoms with Crippen LogP contribution in [0.15, 0.2) is 29.4 Å². The van der Waals surface area contributed by atoms with Gasteiger partial charge in [0.1, 0.15) is 0 Å². The quantitative estimate of drug-likeness (QED) is 0.331. The van der Waals surface area contributed by atoms with Gasteiger partial charge in [0, 0.05) is 50.7 Å². The molecule has 0 spiro atoms. The number of halogens is 1. The Morgan fingerprint density at radius 1 is 1.27 bits per heavy atom. The third-order valence-corrected chi connectivity index (χ3v) is 4.05. The van der Waals surface area contributed by atoms with Crippen LogP contribution in [0.3, 0.4) is 0 Å². The Hall–Kier alpha value is -1.77. The van der Waals surface area contributed by atoms with Crippen LogP contribution in [0.1, 0.15) is 24.5 Å². The van der Waals surface area contributed by atoms with Crippen LogP contribution in [-0.4, -0.2) is 55.5 Å². The normalized spacial score (nSPS) is 11.2. The Morgan fingerprint density at radius 2 is 2.04 bits per heavy atom. The number of hydrogen-bond acceptors (Lipinski definition) is 2. The van der Waals surface area contributed by atoms with Gasteiger partial charge < -0.3 is 20.5 Å². The van der Waals surface area contributed by atoms with Gasteiger partial charge in [-0.15, -0.1) is 24.0 Å². The number of aromatic nitrogens is 1. The van der Waals surface area contributed by atoms with Gasteiger partial charge in [-0.2, -0.15) is 0 Å². The molecule has 2 rings (SSSR count). The van der Waals surface area contributed by atoms with E-state index >= 15 is 0 Å². The summed E-state index contributed by atoms with van der Waals surface area (Å²) >= 11 is 0. The third kappa shape index (κ3) is 6.51. The van der Waals surface area contributed by atoms with Gasteiger partial charge in [0.15, 0.2) is 5.96 Å². The van der Waals surface area contributed by atoms with E-state index < -0.39 is 0 Å². The summed E-state index contributed by atoms with van der Waals surface area (Å²) in [6, 6.07) is 6.47. The third-order valence-electron chi connectivity index (χ3n) is 4.05. The summed E-state index contributed by atoms with van der Waals surface area (Å²) in [5, 5.41) is 7.82. The Kier molecular flexibility index (Phi) is 9.47. The van der Waals surface area contributed by atoms with Gasteiger partial charge in [0.2, 0.25) is 5.91 Å². The van der Waals surface area contributed by atoms with Gasteiger partial charge in [-0.3, -0.25) is 9.79 Å². The summed E-state index contributed by atoms with van der Waals surface area (Å²) in [6.45, 7) is 6.19. The van der Waals surface area contributed by atoms with Crippen LogP contribution >= 0.6 is 24.0 Å². The number of aliphatic imine (C=N–C) groups is 1. The molecule has 3 N–H and O–H groups in total. The number of hydrogen-bond donors (Lipinski definition) is 3. The minimum atomic E-state index is 0. The fraction of sp³-hybridized carbons (Fsp3) is 0.474. The maximum Gasteiger partial charge on any atom is 0.223 e. The van der Waals surface area contributed by atoms with Gasteiger partial charge in [0.05, 0.1) is 6.54 Å². The highest BCUT2D eigenvalue weighted by molar-refractivity contribution is 14.0. The SMILES string of the molecule is CCNC(=NCCC(=O)N(C)C)NCCc1c[nH]c2cc(C)ccc12.I. The monoisotopic (exact) mass is 471 g/mol. The molecule has 26 heavy (non-hydrogen) atoms. The standard InChI is InChI=1S/C19H29N5O.HI/c1-5-20-19(22-11-9-18(25)24(3)4)21-10-8-15-13-23-17-12-14(2)6-7-16(15)17;/h6-7,12-13,23H,5,8-11H2,1-4H3,(H2,20,21,22);1H. The number of aryl methyl sites for hydroxylation is 1. The highest BCUT2D eigenvalue weighted by Crippen LogP contribution is 2.19. The smallest absolute Gasteiger partial charge is 0.223 e. The summed E-state index contributed by atoms with van der Waals surface area (Å²) < 4.78 is 0. The fourth-order valence-electron chi connectivity index (χ4n) is 2.65. The number of carbonyl (C=O) groups excluding carboxylic acids is 1. The zero-order chi connectivity index (χ0) is 18.2. The molecular weight excluding hydrogens is 441 g/mol. The van der Waals surface area contributed by atoms with Crippen molar-refractivity contribution in [3.05, 3.63) is 35.5 Å². The first kappa shape index (κ1) is 22.3. The van der Waals surface area contributed by atoms with Gasteiger partial charge in [-0.1, -0.05) is 12.1 Å². The highest BCUT2D eigenvalue weighted by atomic mass is 127. The second-order valence-electron chi connectivity index (χ2n) is 6.34. The van der Waals surface area contributed by atoms with Crippen LogP contribution in [-0.2, 0) is 11.2 Å². The molecular formula is C19H30IN5O. The lowest BCUT2D eigenvalue weighted by Crippen LogP contribution is -2.38.